The highest BCUT2D eigenvalue weighted by Crippen LogP contribution is 2.26. The van der Waals surface area contributed by atoms with Crippen molar-refractivity contribution in [3.05, 3.63) is 65.9 Å². The molecule has 3 nitrogen and oxygen atoms in total. The molecule has 0 fully saturated rings. The van der Waals surface area contributed by atoms with Crippen LogP contribution in [0.1, 0.15) is 11.1 Å². The molecule has 0 aliphatic heterocycles. The zero-order chi connectivity index (χ0) is 13.9. The van der Waals surface area contributed by atoms with Gasteiger partial charge in [-0.05, 0) is 48.4 Å². The first-order chi connectivity index (χ1) is 9.76. The van der Waals surface area contributed by atoms with Gasteiger partial charge in [0, 0.05) is 24.2 Å². The fourth-order valence-corrected chi connectivity index (χ4v) is 2.21. The van der Waals surface area contributed by atoms with Crippen molar-refractivity contribution in [1.29, 1.82) is 0 Å². The van der Waals surface area contributed by atoms with Crippen LogP contribution in [0.4, 0.5) is 0 Å². The van der Waals surface area contributed by atoms with E-state index in [1.54, 1.807) is 6.20 Å². The zero-order valence-corrected chi connectivity index (χ0v) is 11.3. The number of hydrogen-bond acceptors (Lipinski definition) is 3. The SMILES string of the molecule is Cc1cc(Oc2ccc3cccnc3c2)ccc1CN. The molecule has 0 bridgehead atoms. The summed E-state index contributed by atoms with van der Waals surface area (Å²) in [7, 11) is 0. The van der Waals surface area contributed by atoms with Gasteiger partial charge >= 0.3 is 0 Å². The molecule has 100 valence electrons. The van der Waals surface area contributed by atoms with E-state index < -0.39 is 0 Å². The molecule has 3 heteroatoms. The quantitative estimate of drug-likeness (QED) is 0.782. The smallest absolute Gasteiger partial charge is 0.129 e. The second-order valence-electron chi connectivity index (χ2n) is 4.75. The Hall–Kier alpha value is -2.39. The van der Waals surface area contributed by atoms with Gasteiger partial charge in [0.05, 0.1) is 5.52 Å². The lowest BCUT2D eigenvalue weighted by atomic mass is 10.1. The summed E-state index contributed by atoms with van der Waals surface area (Å²) in [4.78, 5) is 4.33. The van der Waals surface area contributed by atoms with Crippen LogP contribution in [0.5, 0.6) is 11.5 Å². The Morgan fingerprint density at radius 1 is 1.05 bits per heavy atom. The van der Waals surface area contributed by atoms with Crippen LogP contribution in [0.2, 0.25) is 0 Å². The topological polar surface area (TPSA) is 48.1 Å². The second-order valence-corrected chi connectivity index (χ2v) is 4.75. The van der Waals surface area contributed by atoms with Crippen LogP contribution >= 0.6 is 0 Å². The maximum atomic E-state index is 5.89. The first-order valence-electron chi connectivity index (χ1n) is 6.58. The number of nitrogens with two attached hydrogens (primary N) is 1. The van der Waals surface area contributed by atoms with E-state index in [9.17, 15) is 0 Å². The van der Waals surface area contributed by atoms with Crippen LogP contribution in [-0.4, -0.2) is 4.98 Å². The van der Waals surface area contributed by atoms with Gasteiger partial charge < -0.3 is 10.5 Å². The molecular weight excluding hydrogens is 248 g/mol. The van der Waals surface area contributed by atoms with Crippen LogP contribution in [0.25, 0.3) is 10.9 Å². The fourth-order valence-electron chi connectivity index (χ4n) is 2.21. The van der Waals surface area contributed by atoms with Crippen molar-refractivity contribution in [1.82, 2.24) is 4.98 Å². The molecule has 0 amide bonds. The third-order valence-electron chi connectivity index (χ3n) is 3.35. The minimum absolute atomic E-state index is 0.548. The molecule has 0 radical (unpaired) electrons. The molecule has 2 N–H and O–H groups in total. The number of hydrogen-bond donors (Lipinski definition) is 1. The van der Waals surface area contributed by atoms with Gasteiger partial charge in [-0.3, -0.25) is 4.98 Å². The number of ether oxygens (including phenoxy) is 1. The molecule has 0 saturated heterocycles. The molecule has 20 heavy (non-hydrogen) atoms. The van der Waals surface area contributed by atoms with Crippen molar-refractivity contribution in [2.45, 2.75) is 13.5 Å². The van der Waals surface area contributed by atoms with E-state index in [4.69, 9.17) is 10.5 Å². The van der Waals surface area contributed by atoms with Crippen LogP contribution in [0.15, 0.2) is 54.7 Å². The van der Waals surface area contributed by atoms with Crippen LogP contribution in [0, 0.1) is 6.92 Å². The molecule has 0 spiro atoms. The maximum absolute atomic E-state index is 5.89. The highest BCUT2D eigenvalue weighted by Gasteiger charge is 2.02. The van der Waals surface area contributed by atoms with E-state index >= 15 is 0 Å². The third-order valence-corrected chi connectivity index (χ3v) is 3.35. The largest absolute Gasteiger partial charge is 0.457 e. The van der Waals surface area contributed by atoms with Gasteiger partial charge in [0.15, 0.2) is 0 Å². The predicted molar refractivity (Wildman–Crippen MR) is 80.9 cm³/mol. The average Bonchev–Trinajstić information content (AvgIpc) is 2.47. The normalized spacial score (nSPS) is 10.7. The molecule has 0 unspecified atom stereocenters. The summed E-state index contributed by atoms with van der Waals surface area (Å²) in [5.41, 5.74) is 8.88. The van der Waals surface area contributed by atoms with E-state index in [-0.39, 0.29) is 0 Å². The Morgan fingerprint density at radius 2 is 1.85 bits per heavy atom. The number of nitrogens with zero attached hydrogens (tertiary/aromatic N) is 1. The highest BCUT2D eigenvalue weighted by molar-refractivity contribution is 5.79. The minimum atomic E-state index is 0.548. The third kappa shape index (κ3) is 2.49. The molecule has 3 aromatic rings. The number of rotatable bonds is 3. The number of aryl methyl sites for hydroxylation is 1. The van der Waals surface area contributed by atoms with E-state index in [0.29, 0.717) is 6.54 Å². The zero-order valence-electron chi connectivity index (χ0n) is 11.3. The van der Waals surface area contributed by atoms with Crippen molar-refractivity contribution in [3.63, 3.8) is 0 Å². The molecular formula is C17H16N2O. The van der Waals surface area contributed by atoms with Crippen molar-refractivity contribution >= 4 is 10.9 Å². The predicted octanol–water partition coefficient (Wildman–Crippen LogP) is 3.79. The van der Waals surface area contributed by atoms with Crippen LogP contribution < -0.4 is 10.5 Å². The van der Waals surface area contributed by atoms with E-state index in [0.717, 1.165) is 33.5 Å². The van der Waals surface area contributed by atoms with Gasteiger partial charge in [-0.15, -0.1) is 0 Å². The molecule has 1 heterocycles. The first kappa shape index (κ1) is 12.6. The fraction of sp³-hybridized carbons (Fsp3) is 0.118. The van der Waals surface area contributed by atoms with Crippen molar-refractivity contribution in [3.8, 4) is 11.5 Å². The molecule has 0 saturated carbocycles. The molecule has 3 rings (SSSR count). The number of pyridine rings is 1. The van der Waals surface area contributed by atoms with Crippen LogP contribution in [-0.2, 0) is 6.54 Å². The van der Waals surface area contributed by atoms with Gasteiger partial charge in [-0.25, -0.2) is 0 Å². The summed E-state index contributed by atoms with van der Waals surface area (Å²) in [5, 5.41) is 1.11. The standard InChI is InChI=1S/C17H16N2O/c1-12-9-15(7-5-14(12)11-18)20-16-6-4-13-3-2-8-19-17(13)10-16/h2-10H,11,18H2,1H3. The number of aromatic nitrogens is 1. The summed E-state index contributed by atoms with van der Waals surface area (Å²) >= 11 is 0. The molecule has 2 aromatic carbocycles. The number of fused-ring (bicyclic) bond motifs is 1. The lowest BCUT2D eigenvalue weighted by molar-refractivity contribution is 0.482. The average molecular weight is 264 g/mol. The van der Waals surface area contributed by atoms with Crippen molar-refractivity contribution < 1.29 is 4.74 Å². The minimum Gasteiger partial charge on any atom is -0.457 e. The monoisotopic (exact) mass is 264 g/mol. The Bertz CT molecular complexity index is 753. The maximum Gasteiger partial charge on any atom is 0.129 e. The summed E-state index contributed by atoms with van der Waals surface area (Å²) in [6.07, 6.45) is 1.78. The summed E-state index contributed by atoms with van der Waals surface area (Å²) in [6.45, 7) is 2.59. The Balaban J connectivity index is 1.90. The van der Waals surface area contributed by atoms with E-state index in [1.807, 2.05) is 55.5 Å². The lowest BCUT2D eigenvalue weighted by Gasteiger charge is -2.09. The molecule has 0 atom stereocenters. The Kier molecular flexibility index (Phi) is 3.35. The van der Waals surface area contributed by atoms with Gasteiger partial charge in [0.25, 0.3) is 0 Å². The van der Waals surface area contributed by atoms with Gasteiger partial charge in [-0.2, -0.15) is 0 Å². The van der Waals surface area contributed by atoms with E-state index in [1.165, 1.54) is 0 Å². The van der Waals surface area contributed by atoms with Gasteiger partial charge in [0.2, 0.25) is 0 Å². The van der Waals surface area contributed by atoms with Crippen LogP contribution in [0.3, 0.4) is 0 Å². The van der Waals surface area contributed by atoms with Gasteiger partial charge in [0.1, 0.15) is 11.5 Å². The molecule has 0 aliphatic rings. The first-order valence-corrected chi connectivity index (χ1v) is 6.58. The number of benzene rings is 2. The second kappa shape index (κ2) is 5.31. The molecule has 1 aromatic heterocycles. The van der Waals surface area contributed by atoms with Gasteiger partial charge in [-0.1, -0.05) is 12.1 Å². The molecule has 0 aliphatic carbocycles. The Morgan fingerprint density at radius 3 is 2.65 bits per heavy atom. The summed E-state index contributed by atoms with van der Waals surface area (Å²) in [6, 6.07) is 15.8. The van der Waals surface area contributed by atoms with E-state index in [2.05, 4.69) is 4.98 Å². The van der Waals surface area contributed by atoms with Crippen molar-refractivity contribution in [2.24, 2.45) is 5.73 Å². The van der Waals surface area contributed by atoms with Crippen molar-refractivity contribution in [2.75, 3.05) is 0 Å². The lowest BCUT2D eigenvalue weighted by Crippen LogP contribution is -1.98. The highest BCUT2D eigenvalue weighted by atomic mass is 16.5. The summed E-state index contributed by atoms with van der Waals surface area (Å²) in [5.74, 6) is 1.60. The summed E-state index contributed by atoms with van der Waals surface area (Å²) < 4.78 is 5.89. The Labute approximate surface area is 118 Å².